The molecule has 0 aliphatic heterocycles. The van der Waals surface area contributed by atoms with E-state index in [1.165, 1.54) is 6.07 Å². The van der Waals surface area contributed by atoms with Crippen molar-refractivity contribution in [2.75, 3.05) is 6.61 Å². The van der Waals surface area contributed by atoms with Gasteiger partial charge in [0.15, 0.2) is 0 Å². The Morgan fingerprint density at radius 1 is 1.17 bits per heavy atom. The quantitative estimate of drug-likeness (QED) is 0.604. The number of nitrogens with zero attached hydrogens (tertiary/aromatic N) is 1. The normalized spacial score (nSPS) is 13.5. The van der Waals surface area contributed by atoms with Crippen LogP contribution in [0.3, 0.4) is 0 Å². The van der Waals surface area contributed by atoms with E-state index in [-0.39, 0.29) is 29.3 Å². The van der Waals surface area contributed by atoms with Gasteiger partial charge in [-0.15, -0.1) is 0 Å². The zero-order chi connectivity index (χ0) is 16.8. The molecule has 122 valence electrons. The molecule has 0 unspecified atom stereocenters. The van der Waals surface area contributed by atoms with Crippen molar-refractivity contribution in [1.82, 2.24) is 5.32 Å². The van der Waals surface area contributed by atoms with Crippen LogP contribution in [-0.2, 0) is 0 Å². The second kappa shape index (κ2) is 7.85. The van der Waals surface area contributed by atoms with Crippen LogP contribution >= 0.6 is 0 Å². The first-order valence-electron chi connectivity index (χ1n) is 7.70. The summed E-state index contributed by atoms with van der Waals surface area (Å²) in [5.41, 5.74) is 2.80. The highest BCUT2D eigenvalue weighted by Crippen LogP contribution is 2.28. The van der Waals surface area contributed by atoms with Gasteiger partial charge in [0, 0.05) is 30.3 Å². The van der Waals surface area contributed by atoms with Gasteiger partial charge in [0.05, 0.1) is 4.92 Å². The van der Waals surface area contributed by atoms with Crippen molar-refractivity contribution in [1.29, 1.82) is 0 Å². The minimum atomic E-state index is -0.353. The number of hydrogen-bond donors (Lipinski definition) is 2. The summed E-state index contributed by atoms with van der Waals surface area (Å²) in [5.74, 6) is 0. The van der Waals surface area contributed by atoms with Gasteiger partial charge >= 0.3 is 0 Å². The number of benzene rings is 2. The summed E-state index contributed by atoms with van der Waals surface area (Å²) in [5, 5.41) is 23.9. The zero-order valence-corrected chi connectivity index (χ0v) is 13.4. The van der Waals surface area contributed by atoms with Crippen molar-refractivity contribution in [2.45, 2.75) is 32.4 Å². The molecule has 0 saturated heterocycles. The molecule has 2 aromatic carbocycles. The fourth-order valence-corrected chi connectivity index (χ4v) is 2.86. The Morgan fingerprint density at radius 3 is 2.48 bits per heavy atom. The zero-order valence-electron chi connectivity index (χ0n) is 13.4. The number of aliphatic hydroxyl groups is 1. The van der Waals surface area contributed by atoms with E-state index in [0.717, 1.165) is 11.1 Å². The van der Waals surface area contributed by atoms with Gasteiger partial charge in [0.25, 0.3) is 5.69 Å². The minimum absolute atomic E-state index is 0.00476. The number of nitro benzene ring substituents is 1. The molecule has 2 rings (SSSR count). The molecule has 0 bridgehead atoms. The van der Waals surface area contributed by atoms with Gasteiger partial charge in [-0.1, -0.05) is 42.5 Å². The summed E-state index contributed by atoms with van der Waals surface area (Å²) < 4.78 is 0. The highest BCUT2D eigenvalue weighted by Gasteiger charge is 2.20. The van der Waals surface area contributed by atoms with E-state index in [1.54, 1.807) is 13.0 Å². The van der Waals surface area contributed by atoms with Crippen molar-refractivity contribution >= 4 is 5.69 Å². The van der Waals surface area contributed by atoms with Crippen molar-refractivity contribution in [2.24, 2.45) is 0 Å². The number of hydrogen-bond acceptors (Lipinski definition) is 4. The third kappa shape index (κ3) is 4.15. The Kier molecular flexibility index (Phi) is 5.84. The van der Waals surface area contributed by atoms with Crippen LogP contribution in [0.25, 0.3) is 0 Å². The van der Waals surface area contributed by atoms with Crippen molar-refractivity contribution in [3.8, 4) is 0 Å². The summed E-state index contributed by atoms with van der Waals surface area (Å²) in [6, 6.07) is 15.0. The Bertz CT molecular complexity index is 659. The highest BCUT2D eigenvalue weighted by atomic mass is 16.6. The summed E-state index contributed by atoms with van der Waals surface area (Å²) >= 11 is 0. The largest absolute Gasteiger partial charge is 0.396 e. The number of nitrogens with one attached hydrogen (secondary N) is 1. The molecular formula is C18H22N2O3. The van der Waals surface area contributed by atoms with E-state index < -0.39 is 0 Å². The van der Waals surface area contributed by atoms with Crippen molar-refractivity contribution in [3.63, 3.8) is 0 Å². The van der Waals surface area contributed by atoms with Crippen LogP contribution in [0.1, 0.15) is 42.1 Å². The molecule has 0 aromatic heterocycles. The molecule has 2 aromatic rings. The molecule has 0 saturated carbocycles. The molecule has 2 N–H and O–H groups in total. The molecule has 5 heteroatoms. The first-order valence-corrected chi connectivity index (χ1v) is 7.70. The van der Waals surface area contributed by atoms with Gasteiger partial charge in [-0.25, -0.2) is 0 Å². The molecule has 2 atom stereocenters. The topological polar surface area (TPSA) is 75.4 Å². The van der Waals surface area contributed by atoms with Crippen LogP contribution in [0, 0.1) is 17.0 Å². The minimum Gasteiger partial charge on any atom is -0.396 e. The molecular weight excluding hydrogens is 292 g/mol. The van der Waals surface area contributed by atoms with Crippen molar-refractivity contribution in [3.05, 3.63) is 75.3 Å². The maximum Gasteiger partial charge on any atom is 0.272 e. The maximum atomic E-state index is 11.1. The van der Waals surface area contributed by atoms with Gasteiger partial charge in [-0.05, 0) is 31.4 Å². The van der Waals surface area contributed by atoms with E-state index >= 15 is 0 Å². The van der Waals surface area contributed by atoms with Gasteiger partial charge in [0.1, 0.15) is 0 Å². The second-order valence-corrected chi connectivity index (χ2v) is 5.61. The first-order chi connectivity index (χ1) is 11.0. The third-order valence-electron chi connectivity index (χ3n) is 4.08. The van der Waals surface area contributed by atoms with Crippen molar-refractivity contribution < 1.29 is 10.0 Å². The lowest BCUT2D eigenvalue weighted by Crippen LogP contribution is -2.26. The van der Waals surface area contributed by atoms with Gasteiger partial charge in [-0.2, -0.15) is 0 Å². The number of aliphatic hydroxyl groups excluding tert-OH is 1. The van der Waals surface area contributed by atoms with E-state index in [0.29, 0.717) is 12.0 Å². The third-order valence-corrected chi connectivity index (χ3v) is 4.08. The molecule has 0 amide bonds. The Hall–Kier alpha value is -2.24. The van der Waals surface area contributed by atoms with E-state index in [4.69, 9.17) is 0 Å². The van der Waals surface area contributed by atoms with Crippen LogP contribution in [0.2, 0.25) is 0 Å². The lowest BCUT2D eigenvalue weighted by molar-refractivity contribution is -0.385. The number of rotatable bonds is 7. The molecule has 0 aliphatic rings. The monoisotopic (exact) mass is 314 g/mol. The standard InChI is InChI=1S/C18H22N2O3/c1-13-16(9-6-10-18(13)20(22)23)14(2)19-17(11-12-21)15-7-4-3-5-8-15/h3-10,14,17,19,21H,11-12H2,1-2H3/t14-,17+/m0/s1. The van der Waals surface area contributed by atoms with Crippen LogP contribution in [0.15, 0.2) is 48.5 Å². The first kappa shape index (κ1) is 17.1. The molecule has 0 spiro atoms. The smallest absolute Gasteiger partial charge is 0.272 e. The Morgan fingerprint density at radius 2 is 1.87 bits per heavy atom. The van der Waals surface area contributed by atoms with E-state index in [9.17, 15) is 15.2 Å². The number of nitro groups is 1. The fourth-order valence-electron chi connectivity index (χ4n) is 2.86. The highest BCUT2D eigenvalue weighted by molar-refractivity contribution is 5.45. The van der Waals surface area contributed by atoms with Crippen LogP contribution < -0.4 is 5.32 Å². The van der Waals surface area contributed by atoms with E-state index in [1.807, 2.05) is 43.3 Å². The van der Waals surface area contributed by atoms with Gasteiger partial charge < -0.3 is 10.4 Å². The molecule has 0 fully saturated rings. The SMILES string of the molecule is Cc1c([C@H](C)N[C@H](CCO)c2ccccc2)cccc1[N+](=O)[O-]. The molecule has 0 aliphatic carbocycles. The lowest BCUT2D eigenvalue weighted by Gasteiger charge is -2.24. The summed E-state index contributed by atoms with van der Waals surface area (Å²) in [6.07, 6.45) is 0.586. The Labute approximate surface area is 136 Å². The molecule has 5 nitrogen and oxygen atoms in total. The van der Waals surface area contributed by atoms with E-state index in [2.05, 4.69) is 5.32 Å². The molecule has 0 radical (unpaired) electrons. The molecule has 0 heterocycles. The summed E-state index contributed by atoms with van der Waals surface area (Å²) in [4.78, 5) is 10.7. The van der Waals surface area contributed by atoms with Crippen LogP contribution in [0.4, 0.5) is 5.69 Å². The Balaban J connectivity index is 2.24. The second-order valence-electron chi connectivity index (χ2n) is 5.61. The average Bonchev–Trinajstić information content (AvgIpc) is 2.55. The fraction of sp³-hybridized carbons (Fsp3) is 0.333. The summed E-state index contributed by atoms with van der Waals surface area (Å²) in [7, 11) is 0. The molecule has 23 heavy (non-hydrogen) atoms. The average molecular weight is 314 g/mol. The maximum absolute atomic E-state index is 11.1. The predicted molar refractivity (Wildman–Crippen MR) is 90.3 cm³/mol. The van der Waals surface area contributed by atoms with Crippen LogP contribution in [-0.4, -0.2) is 16.6 Å². The predicted octanol–water partition coefficient (Wildman–Crippen LogP) is 3.68. The van der Waals surface area contributed by atoms with Crippen LogP contribution in [0.5, 0.6) is 0 Å². The van der Waals surface area contributed by atoms with Gasteiger partial charge in [-0.3, -0.25) is 10.1 Å². The summed E-state index contributed by atoms with van der Waals surface area (Å²) in [6.45, 7) is 3.84. The van der Waals surface area contributed by atoms with Gasteiger partial charge in [0.2, 0.25) is 0 Å². The lowest BCUT2D eigenvalue weighted by atomic mass is 9.97.